The first-order valence-electron chi connectivity index (χ1n) is 9.17. The highest BCUT2D eigenvalue weighted by Gasteiger charge is 2.11. The van der Waals surface area contributed by atoms with Crippen LogP contribution in [0, 0.1) is 0 Å². The average molecular weight is 380 g/mol. The molecule has 146 valence electrons. The molecule has 0 aliphatic carbocycles. The van der Waals surface area contributed by atoms with Crippen LogP contribution >= 0.6 is 0 Å². The topological polar surface area (TPSA) is 54.0 Å². The lowest BCUT2D eigenvalue weighted by atomic mass is 10.0. The molecule has 0 radical (unpaired) electrons. The first kappa shape index (κ1) is 19.7. The van der Waals surface area contributed by atoms with Crippen molar-refractivity contribution in [3.63, 3.8) is 0 Å². The highest BCUT2D eigenvalue weighted by atomic mass is 16.7. The van der Waals surface area contributed by atoms with Crippen LogP contribution in [0.25, 0.3) is 11.6 Å². The smallest absolute Gasteiger partial charge is 0.330 e. The Balaban J connectivity index is 1.73. The number of methoxy groups -OCH3 is 1. The maximum Gasteiger partial charge on any atom is 0.330 e. The summed E-state index contributed by atoms with van der Waals surface area (Å²) in [4.78, 5) is 11.1. The summed E-state index contributed by atoms with van der Waals surface area (Å²) in [6.45, 7) is 4.42. The molecule has 1 heterocycles. The molecule has 1 aliphatic rings. The molecule has 2 aromatic rings. The maximum atomic E-state index is 11.1. The van der Waals surface area contributed by atoms with Crippen molar-refractivity contribution in [2.45, 2.75) is 12.8 Å². The number of aryl methyl sites for hydroxylation is 1. The minimum Gasteiger partial charge on any atom is -0.497 e. The predicted molar refractivity (Wildman–Crippen MR) is 108 cm³/mol. The van der Waals surface area contributed by atoms with Gasteiger partial charge in [-0.05, 0) is 53.8 Å². The minimum absolute atomic E-state index is 0.195. The van der Waals surface area contributed by atoms with Crippen LogP contribution in [0.4, 0.5) is 0 Å². The quantitative estimate of drug-likeness (QED) is 0.408. The highest BCUT2D eigenvalue weighted by Crippen LogP contribution is 2.29. The van der Waals surface area contributed by atoms with E-state index in [1.54, 1.807) is 7.11 Å². The molecule has 28 heavy (non-hydrogen) atoms. The van der Waals surface area contributed by atoms with E-state index in [-0.39, 0.29) is 6.79 Å². The predicted octanol–water partition coefficient (Wildman–Crippen LogP) is 4.26. The van der Waals surface area contributed by atoms with Gasteiger partial charge in [-0.15, -0.1) is 0 Å². The van der Waals surface area contributed by atoms with Crippen molar-refractivity contribution >= 4 is 17.6 Å². The van der Waals surface area contributed by atoms with Crippen LogP contribution in [0.1, 0.15) is 23.1 Å². The van der Waals surface area contributed by atoms with Gasteiger partial charge < -0.3 is 18.9 Å². The summed E-state index contributed by atoms with van der Waals surface area (Å²) in [5, 5.41) is 0. The van der Waals surface area contributed by atoms with Gasteiger partial charge in [0.15, 0.2) is 6.79 Å². The number of hydrogen-bond donors (Lipinski definition) is 0. The molecule has 0 unspecified atom stereocenters. The molecule has 0 aromatic heterocycles. The summed E-state index contributed by atoms with van der Waals surface area (Å²) in [7, 11) is 1.65. The fourth-order valence-electron chi connectivity index (χ4n) is 2.94. The molecule has 0 fully saturated rings. The van der Waals surface area contributed by atoms with E-state index in [4.69, 9.17) is 18.9 Å². The normalized spacial score (nSPS) is 15.1. The Kier molecular flexibility index (Phi) is 6.87. The second kappa shape index (κ2) is 9.76. The Morgan fingerprint density at radius 1 is 1.21 bits per heavy atom. The van der Waals surface area contributed by atoms with Gasteiger partial charge in [-0.3, -0.25) is 0 Å². The summed E-state index contributed by atoms with van der Waals surface area (Å²) in [6.07, 6.45) is 4.79. The molecule has 2 aromatic carbocycles. The van der Waals surface area contributed by atoms with Gasteiger partial charge in [0.25, 0.3) is 0 Å². The number of hydrogen-bond acceptors (Lipinski definition) is 5. The number of benzene rings is 2. The first-order valence-corrected chi connectivity index (χ1v) is 9.17. The third-order valence-corrected chi connectivity index (χ3v) is 4.44. The van der Waals surface area contributed by atoms with Crippen molar-refractivity contribution in [1.29, 1.82) is 0 Å². The second-order valence-electron chi connectivity index (χ2n) is 6.36. The molecular formula is C23H24O5. The molecule has 0 spiro atoms. The molecule has 0 saturated carbocycles. The molecule has 3 rings (SSSR count). The lowest BCUT2D eigenvalue weighted by Crippen LogP contribution is -2.09. The summed E-state index contributed by atoms with van der Waals surface area (Å²) < 4.78 is 21.7. The molecule has 0 amide bonds. The molecular weight excluding hydrogens is 356 g/mol. The van der Waals surface area contributed by atoms with E-state index >= 15 is 0 Å². The zero-order chi connectivity index (χ0) is 19.8. The van der Waals surface area contributed by atoms with Crippen molar-refractivity contribution in [3.8, 4) is 11.5 Å². The molecule has 0 saturated heterocycles. The van der Waals surface area contributed by atoms with E-state index in [9.17, 15) is 4.79 Å². The number of carbonyl (C=O) groups excluding carboxylic acids is 1. The zero-order valence-electron chi connectivity index (χ0n) is 16.0. The highest BCUT2D eigenvalue weighted by molar-refractivity contribution is 5.84. The van der Waals surface area contributed by atoms with Crippen molar-refractivity contribution in [2.24, 2.45) is 0 Å². The van der Waals surface area contributed by atoms with E-state index in [2.05, 4.69) is 24.8 Å². The van der Waals surface area contributed by atoms with Crippen molar-refractivity contribution in [2.75, 3.05) is 27.1 Å². The van der Waals surface area contributed by atoms with E-state index in [1.807, 2.05) is 30.3 Å². The average Bonchev–Trinajstić information content (AvgIpc) is 2.72. The summed E-state index contributed by atoms with van der Waals surface area (Å²) >= 11 is 0. The van der Waals surface area contributed by atoms with E-state index in [0.717, 1.165) is 46.6 Å². The number of carbonyl (C=O) groups is 1. The lowest BCUT2D eigenvalue weighted by Gasteiger charge is -2.17. The van der Waals surface area contributed by atoms with Crippen molar-refractivity contribution in [3.05, 3.63) is 71.8 Å². The van der Waals surface area contributed by atoms with Gasteiger partial charge in [0, 0.05) is 11.6 Å². The largest absolute Gasteiger partial charge is 0.497 e. The second-order valence-corrected chi connectivity index (χ2v) is 6.36. The van der Waals surface area contributed by atoms with E-state index in [0.29, 0.717) is 13.2 Å². The van der Waals surface area contributed by atoms with Gasteiger partial charge >= 0.3 is 5.97 Å². The Labute approximate surface area is 165 Å². The lowest BCUT2D eigenvalue weighted by molar-refractivity contribution is -0.137. The number of ether oxygens (including phenoxy) is 4. The van der Waals surface area contributed by atoms with Crippen molar-refractivity contribution in [1.82, 2.24) is 0 Å². The van der Waals surface area contributed by atoms with Crippen LogP contribution in [0.15, 0.2) is 55.1 Å². The Hall–Kier alpha value is -3.05. The summed E-state index contributed by atoms with van der Waals surface area (Å²) in [6, 6.07) is 14.1. The third-order valence-electron chi connectivity index (χ3n) is 4.44. The minimum atomic E-state index is -0.394. The van der Waals surface area contributed by atoms with E-state index in [1.165, 1.54) is 6.08 Å². The van der Waals surface area contributed by atoms with Gasteiger partial charge in [-0.2, -0.15) is 0 Å². The molecule has 0 atom stereocenters. The fraction of sp³-hybridized carbons (Fsp3) is 0.261. The van der Waals surface area contributed by atoms with Crippen LogP contribution < -0.4 is 9.47 Å². The van der Waals surface area contributed by atoms with Gasteiger partial charge in [0.05, 0.1) is 20.3 Å². The number of esters is 1. The van der Waals surface area contributed by atoms with E-state index < -0.39 is 5.97 Å². The van der Waals surface area contributed by atoms with Crippen molar-refractivity contribution < 1.29 is 23.7 Å². The fourth-order valence-corrected chi connectivity index (χ4v) is 2.94. The van der Waals surface area contributed by atoms with Gasteiger partial charge in [-0.1, -0.05) is 30.8 Å². The SMILES string of the molecule is C=CC(=O)OCCCc1ccc2c(c1)OCOC/C(c1ccc(OC)cc1)=C\2. The van der Waals surface area contributed by atoms with Crippen LogP contribution in [-0.4, -0.2) is 33.1 Å². The van der Waals surface area contributed by atoms with Gasteiger partial charge in [-0.25, -0.2) is 4.79 Å². The molecule has 0 N–H and O–H groups in total. The maximum absolute atomic E-state index is 11.1. The third kappa shape index (κ3) is 5.24. The molecule has 0 bridgehead atoms. The van der Waals surface area contributed by atoms with Gasteiger partial charge in [0.1, 0.15) is 11.5 Å². The van der Waals surface area contributed by atoms with Crippen LogP contribution in [-0.2, 0) is 20.7 Å². The standard InChI is InChI=1S/C23H24O5/c1-3-23(24)27-12-4-5-17-6-7-19-14-20(15-26-16-28-22(19)13-17)18-8-10-21(25-2)11-9-18/h3,6-11,13-14H,1,4-5,12,15-16H2,2H3/b20-14+. The van der Waals surface area contributed by atoms with Crippen LogP contribution in [0.5, 0.6) is 11.5 Å². The Bertz CT molecular complexity index is 852. The van der Waals surface area contributed by atoms with Crippen LogP contribution in [0.2, 0.25) is 0 Å². The Morgan fingerprint density at radius 3 is 2.79 bits per heavy atom. The zero-order valence-corrected chi connectivity index (χ0v) is 16.0. The van der Waals surface area contributed by atoms with Gasteiger partial charge in [0.2, 0.25) is 0 Å². The monoisotopic (exact) mass is 380 g/mol. The molecule has 1 aliphatic heterocycles. The molecule has 5 heteroatoms. The number of fused-ring (bicyclic) bond motifs is 1. The first-order chi connectivity index (χ1) is 13.7. The summed E-state index contributed by atoms with van der Waals surface area (Å²) in [5.74, 6) is 1.21. The number of rotatable bonds is 7. The molecule has 5 nitrogen and oxygen atoms in total. The van der Waals surface area contributed by atoms with Crippen LogP contribution in [0.3, 0.4) is 0 Å². The summed E-state index contributed by atoms with van der Waals surface area (Å²) in [5.41, 5.74) is 4.29. The Morgan fingerprint density at radius 2 is 2.04 bits per heavy atom.